The molecule has 0 heterocycles. The van der Waals surface area contributed by atoms with E-state index < -0.39 is 11.9 Å². The lowest BCUT2D eigenvalue weighted by Gasteiger charge is -2.09. The van der Waals surface area contributed by atoms with Crippen molar-refractivity contribution in [1.82, 2.24) is 0 Å². The molecule has 3 aromatic carbocycles. The Morgan fingerprint density at radius 2 is 1.37 bits per heavy atom. The fraction of sp³-hybridized carbons (Fsp3) is 0.200. The number of carbonyl (C=O) groups is 2. The van der Waals surface area contributed by atoms with Gasteiger partial charge in [-0.1, -0.05) is 56.3 Å². The number of hydrogen-bond acceptors (Lipinski definition) is 5. The summed E-state index contributed by atoms with van der Waals surface area (Å²) >= 11 is 0. The molecule has 0 aliphatic carbocycles. The second kappa shape index (κ2) is 10.3. The molecule has 0 fully saturated rings. The minimum Gasteiger partial charge on any atom is -0.482 e. The molecule has 154 valence electrons. The first-order valence-corrected chi connectivity index (χ1v) is 9.77. The Bertz CT molecular complexity index is 961. The van der Waals surface area contributed by atoms with Gasteiger partial charge in [0.1, 0.15) is 11.5 Å². The van der Waals surface area contributed by atoms with Crippen LogP contribution < -0.4 is 9.47 Å². The number of benzene rings is 3. The first kappa shape index (κ1) is 21.1. The van der Waals surface area contributed by atoms with E-state index >= 15 is 0 Å². The van der Waals surface area contributed by atoms with Gasteiger partial charge in [0.15, 0.2) is 6.61 Å². The highest BCUT2D eigenvalue weighted by Crippen LogP contribution is 2.22. The van der Waals surface area contributed by atoms with Gasteiger partial charge >= 0.3 is 11.9 Å². The smallest absolute Gasteiger partial charge is 0.349 e. The Morgan fingerprint density at radius 1 is 0.767 bits per heavy atom. The van der Waals surface area contributed by atoms with E-state index in [1.807, 2.05) is 68.4 Å². The lowest BCUT2D eigenvalue weighted by atomic mass is 10.1. The van der Waals surface area contributed by atoms with E-state index in [-0.39, 0.29) is 12.5 Å². The lowest BCUT2D eigenvalue weighted by molar-refractivity contribution is -0.136. The van der Waals surface area contributed by atoms with Crippen LogP contribution in [0.3, 0.4) is 0 Å². The summed E-state index contributed by atoms with van der Waals surface area (Å²) in [6.07, 6.45) is 0. The van der Waals surface area contributed by atoms with Crippen LogP contribution in [0, 0.1) is 5.92 Å². The quantitative estimate of drug-likeness (QED) is 0.384. The van der Waals surface area contributed by atoms with Crippen molar-refractivity contribution in [2.24, 2.45) is 5.92 Å². The van der Waals surface area contributed by atoms with Crippen molar-refractivity contribution in [3.63, 3.8) is 0 Å². The Kier molecular flexibility index (Phi) is 7.22. The largest absolute Gasteiger partial charge is 0.482 e. The van der Waals surface area contributed by atoms with E-state index in [2.05, 4.69) is 0 Å². The SMILES string of the molecule is CC(C)COC(=O)c1ccc(OC(=O)COc2ccc(-c3ccccc3)cc2)cc1. The molecule has 0 bridgehead atoms. The molecule has 0 saturated carbocycles. The van der Waals surface area contributed by atoms with Crippen molar-refractivity contribution < 1.29 is 23.8 Å². The van der Waals surface area contributed by atoms with Crippen molar-refractivity contribution in [3.8, 4) is 22.6 Å². The van der Waals surface area contributed by atoms with Crippen LogP contribution in [0.15, 0.2) is 78.9 Å². The van der Waals surface area contributed by atoms with E-state index in [1.165, 1.54) is 0 Å². The maximum absolute atomic E-state index is 12.0. The summed E-state index contributed by atoms with van der Waals surface area (Å²) in [5, 5.41) is 0. The van der Waals surface area contributed by atoms with E-state index in [0.29, 0.717) is 23.7 Å². The summed E-state index contributed by atoms with van der Waals surface area (Å²) < 4.78 is 15.9. The Labute approximate surface area is 176 Å². The molecular weight excluding hydrogens is 380 g/mol. The van der Waals surface area contributed by atoms with Crippen LogP contribution >= 0.6 is 0 Å². The Morgan fingerprint density at radius 3 is 2.00 bits per heavy atom. The van der Waals surface area contributed by atoms with Crippen molar-refractivity contribution in [3.05, 3.63) is 84.4 Å². The standard InChI is InChI=1S/C25H24O5/c1-18(2)16-29-25(27)21-10-14-23(15-11-21)30-24(26)17-28-22-12-8-20(9-13-22)19-6-4-3-5-7-19/h3-15,18H,16-17H2,1-2H3. The number of carbonyl (C=O) groups excluding carboxylic acids is 2. The molecule has 0 N–H and O–H groups in total. The summed E-state index contributed by atoms with van der Waals surface area (Å²) in [6.45, 7) is 4.08. The molecule has 0 aromatic heterocycles. The van der Waals surface area contributed by atoms with Gasteiger partial charge in [0.05, 0.1) is 12.2 Å². The Balaban J connectivity index is 1.48. The van der Waals surface area contributed by atoms with E-state index in [1.54, 1.807) is 24.3 Å². The van der Waals surface area contributed by atoms with Crippen molar-refractivity contribution in [2.45, 2.75) is 13.8 Å². The van der Waals surface area contributed by atoms with Gasteiger partial charge in [0, 0.05) is 0 Å². The molecule has 0 unspecified atom stereocenters. The fourth-order valence-corrected chi connectivity index (χ4v) is 2.66. The second-order valence-electron chi connectivity index (χ2n) is 7.17. The predicted molar refractivity (Wildman–Crippen MR) is 115 cm³/mol. The summed E-state index contributed by atoms with van der Waals surface area (Å²) in [7, 11) is 0. The summed E-state index contributed by atoms with van der Waals surface area (Å²) in [5.41, 5.74) is 2.59. The van der Waals surface area contributed by atoms with E-state index in [0.717, 1.165) is 11.1 Å². The van der Waals surface area contributed by atoms with Gasteiger partial charge in [-0.25, -0.2) is 9.59 Å². The Hall–Kier alpha value is -3.60. The van der Waals surface area contributed by atoms with E-state index in [9.17, 15) is 9.59 Å². The van der Waals surface area contributed by atoms with Crippen molar-refractivity contribution >= 4 is 11.9 Å². The van der Waals surface area contributed by atoms with Gasteiger partial charge in [0.2, 0.25) is 0 Å². The van der Waals surface area contributed by atoms with Gasteiger partial charge in [-0.2, -0.15) is 0 Å². The second-order valence-corrected chi connectivity index (χ2v) is 7.17. The average molecular weight is 404 g/mol. The summed E-state index contributed by atoms with van der Waals surface area (Å²) in [5.74, 6) is 0.253. The molecule has 0 amide bonds. The monoisotopic (exact) mass is 404 g/mol. The third-order valence-electron chi connectivity index (χ3n) is 4.19. The van der Waals surface area contributed by atoms with Gasteiger partial charge in [-0.05, 0) is 53.4 Å². The molecule has 5 heteroatoms. The van der Waals surface area contributed by atoms with Crippen LogP contribution in [-0.2, 0) is 9.53 Å². The summed E-state index contributed by atoms with van der Waals surface area (Å²) in [6, 6.07) is 23.7. The predicted octanol–water partition coefficient (Wildman–Crippen LogP) is 5.15. The van der Waals surface area contributed by atoms with Crippen LogP contribution in [0.5, 0.6) is 11.5 Å². The molecule has 0 spiro atoms. The highest BCUT2D eigenvalue weighted by Gasteiger charge is 2.10. The van der Waals surface area contributed by atoms with Crippen molar-refractivity contribution in [1.29, 1.82) is 0 Å². The van der Waals surface area contributed by atoms with E-state index in [4.69, 9.17) is 14.2 Å². The van der Waals surface area contributed by atoms with Crippen LogP contribution in [0.25, 0.3) is 11.1 Å². The van der Waals surface area contributed by atoms with Crippen LogP contribution in [-0.4, -0.2) is 25.2 Å². The molecule has 0 radical (unpaired) electrons. The molecule has 3 rings (SSSR count). The molecule has 0 aliphatic heterocycles. The first-order chi connectivity index (χ1) is 14.5. The van der Waals surface area contributed by atoms with Crippen LogP contribution in [0.2, 0.25) is 0 Å². The zero-order chi connectivity index (χ0) is 21.3. The topological polar surface area (TPSA) is 61.8 Å². The molecular formula is C25H24O5. The molecule has 30 heavy (non-hydrogen) atoms. The highest BCUT2D eigenvalue weighted by molar-refractivity contribution is 5.89. The lowest BCUT2D eigenvalue weighted by Crippen LogP contribution is -2.17. The van der Waals surface area contributed by atoms with Gasteiger partial charge in [0.25, 0.3) is 0 Å². The molecule has 3 aromatic rings. The minimum atomic E-state index is -0.530. The summed E-state index contributed by atoms with van der Waals surface area (Å²) in [4.78, 5) is 23.9. The van der Waals surface area contributed by atoms with Crippen molar-refractivity contribution in [2.75, 3.05) is 13.2 Å². The zero-order valence-corrected chi connectivity index (χ0v) is 17.0. The highest BCUT2D eigenvalue weighted by atomic mass is 16.6. The molecule has 0 aliphatic rings. The fourth-order valence-electron chi connectivity index (χ4n) is 2.66. The zero-order valence-electron chi connectivity index (χ0n) is 17.0. The number of esters is 2. The average Bonchev–Trinajstić information content (AvgIpc) is 2.77. The first-order valence-electron chi connectivity index (χ1n) is 9.77. The number of ether oxygens (including phenoxy) is 3. The third-order valence-corrected chi connectivity index (χ3v) is 4.19. The van der Waals surface area contributed by atoms with Crippen LogP contribution in [0.1, 0.15) is 24.2 Å². The molecule has 0 atom stereocenters. The third kappa shape index (κ3) is 6.21. The molecule has 5 nitrogen and oxygen atoms in total. The number of rotatable bonds is 8. The van der Waals surface area contributed by atoms with Gasteiger partial charge in [-0.3, -0.25) is 0 Å². The molecule has 0 saturated heterocycles. The number of hydrogen-bond donors (Lipinski definition) is 0. The maximum atomic E-state index is 12.0. The minimum absolute atomic E-state index is 0.219. The van der Waals surface area contributed by atoms with Gasteiger partial charge in [-0.15, -0.1) is 0 Å². The van der Waals surface area contributed by atoms with Crippen LogP contribution in [0.4, 0.5) is 0 Å². The maximum Gasteiger partial charge on any atom is 0.349 e. The normalized spacial score (nSPS) is 10.5. The van der Waals surface area contributed by atoms with Gasteiger partial charge < -0.3 is 14.2 Å².